The van der Waals surface area contributed by atoms with E-state index in [-0.39, 0.29) is 0 Å². The second-order valence-corrected chi connectivity index (χ2v) is 10.5. The standard InChI is InChI=1S/C23H38O2.C2H6/c1-22-14-4-3-6-16(22)9-11-18-19-12-10-17(7-5-8-21(24)25)23(19,2)15-13-20(18)22;1-2/h16-20H,3-15H2,1-2H3,(H,24,25);1-2H3/t16-,17-,18-,19?,20?,22-,23+;/m0./s1. The second kappa shape index (κ2) is 8.46. The zero-order valence-electron chi connectivity index (χ0n) is 18.4. The van der Waals surface area contributed by atoms with Gasteiger partial charge in [-0.1, -0.05) is 40.5 Å². The molecular weight excluding hydrogens is 332 g/mol. The van der Waals surface area contributed by atoms with Crippen molar-refractivity contribution in [2.75, 3.05) is 0 Å². The first-order valence-corrected chi connectivity index (χ1v) is 12.2. The smallest absolute Gasteiger partial charge is 0.303 e. The van der Waals surface area contributed by atoms with Crippen molar-refractivity contribution in [2.24, 2.45) is 40.4 Å². The second-order valence-electron chi connectivity index (χ2n) is 10.5. The maximum atomic E-state index is 10.9. The van der Waals surface area contributed by atoms with E-state index >= 15 is 0 Å². The number of carboxylic acid groups (broad SMARTS) is 1. The molecule has 27 heavy (non-hydrogen) atoms. The molecule has 0 bridgehead atoms. The van der Waals surface area contributed by atoms with Crippen molar-refractivity contribution in [3.8, 4) is 0 Å². The quantitative estimate of drug-likeness (QED) is 0.558. The summed E-state index contributed by atoms with van der Waals surface area (Å²) >= 11 is 0. The Balaban J connectivity index is 0.00000102. The Morgan fingerprint density at radius 3 is 2.37 bits per heavy atom. The maximum Gasteiger partial charge on any atom is 0.303 e. The van der Waals surface area contributed by atoms with Crippen LogP contribution in [0.3, 0.4) is 0 Å². The van der Waals surface area contributed by atoms with Gasteiger partial charge in [-0.3, -0.25) is 4.79 Å². The average molecular weight is 377 g/mol. The van der Waals surface area contributed by atoms with Gasteiger partial charge in [0.05, 0.1) is 0 Å². The van der Waals surface area contributed by atoms with Crippen LogP contribution in [0, 0.1) is 40.4 Å². The van der Waals surface area contributed by atoms with Crippen LogP contribution < -0.4 is 0 Å². The van der Waals surface area contributed by atoms with Crippen molar-refractivity contribution in [1.82, 2.24) is 0 Å². The minimum absolute atomic E-state index is 0.364. The fourth-order valence-electron chi connectivity index (χ4n) is 8.38. The molecule has 0 aromatic carbocycles. The van der Waals surface area contributed by atoms with Crippen molar-refractivity contribution < 1.29 is 9.90 Å². The number of carbonyl (C=O) groups is 1. The fraction of sp³-hybridized carbons (Fsp3) is 0.960. The van der Waals surface area contributed by atoms with Crippen LogP contribution in [0.5, 0.6) is 0 Å². The highest BCUT2D eigenvalue weighted by atomic mass is 16.4. The van der Waals surface area contributed by atoms with E-state index in [0.717, 1.165) is 42.4 Å². The van der Waals surface area contributed by atoms with Gasteiger partial charge >= 0.3 is 5.97 Å². The number of rotatable bonds is 4. The van der Waals surface area contributed by atoms with Gasteiger partial charge in [-0.15, -0.1) is 0 Å². The molecule has 4 aliphatic carbocycles. The first-order chi connectivity index (χ1) is 12.9. The molecule has 2 nitrogen and oxygen atoms in total. The van der Waals surface area contributed by atoms with Crippen LogP contribution in [-0.4, -0.2) is 11.1 Å². The molecule has 0 heterocycles. The number of hydrogen-bond donors (Lipinski definition) is 1. The highest BCUT2D eigenvalue weighted by Gasteiger charge is 2.59. The van der Waals surface area contributed by atoms with Crippen LogP contribution in [0.1, 0.15) is 111 Å². The maximum absolute atomic E-state index is 10.9. The predicted octanol–water partition coefficient (Wildman–Crippen LogP) is 7.32. The van der Waals surface area contributed by atoms with E-state index in [1.54, 1.807) is 0 Å². The highest BCUT2D eigenvalue weighted by molar-refractivity contribution is 5.66. The first-order valence-electron chi connectivity index (χ1n) is 12.2. The predicted molar refractivity (Wildman–Crippen MR) is 113 cm³/mol. The molecule has 0 aromatic heterocycles. The monoisotopic (exact) mass is 376 g/mol. The summed E-state index contributed by atoms with van der Waals surface area (Å²) in [5, 5.41) is 8.98. The van der Waals surface area contributed by atoms with Gasteiger partial charge in [-0.2, -0.15) is 0 Å². The van der Waals surface area contributed by atoms with E-state index < -0.39 is 5.97 Å². The molecule has 0 amide bonds. The number of carboxylic acids is 1. The summed E-state index contributed by atoms with van der Waals surface area (Å²) in [5.41, 5.74) is 1.15. The Kier molecular flexibility index (Phi) is 6.63. The van der Waals surface area contributed by atoms with Gasteiger partial charge in [0.1, 0.15) is 0 Å². The molecule has 2 heteroatoms. The lowest BCUT2D eigenvalue weighted by Gasteiger charge is -2.60. The van der Waals surface area contributed by atoms with Crippen molar-refractivity contribution in [3.05, 3.63) is 0 Å². The lowest BCUT2D eigenvalue weighted by molar-refractivity contribution is -0.137. The molecule has 4 aliphatic rings. The Morgan fingerprint density at radius 2 is 1.63 bits per heavy atom. The van der Waals surface area contributed by atoms with E-state index in [1.807, 2.05) is 13.8 Å². The third-order valence-electron chi connectivity index (χ3n) is 9.72. The molecule has 4 fully saturated rings. The average Bonchev–Trinajstić information content (AvgIpc) is 2.99. The first kappa shape index (κ1) is 21.2. The molecule has 0 radical (unpaired) electrons. The summed E-state index contributed by atoms with van der Waals surface area (Å²) in [7, 11) is 0. The molecule has 0 aromatic rings. The molecule has 0 spiro atoms. The van der Waals surface area contributed by atoms with Gasteiger partial charge in [0.25, 0.3) is 0 Å². The van der Waals surface area contributed by atoms with Crippen molar-refractivity contribution in [1.29, 1.82) is 0 Å². The molecule has 0 saturated heterocycles. The van der Waals surface area contributed by atoms with Crippen molar-refractivity contribution in [2.45, 2.75) is 111 Å². The van der Waals surface area contributed by atoms with Gasteiger partial charge in [0.15, 0.2) is 0 Å². The van der Waals surface area contributed by atoms with E-state index in [0.29, 0.717) is 17.3 Å². The minimum Gasteiger partial charge on any atom is -0.481 e. The summed E-state index contributed by atoms with van der Waals surface area (Å²) in [4.78, 5) is 10.9. The third-order valence-corrected chi connectivity index (χ3v) is 9.72. The lowest BCUT2D eigenvalue weighted by atomic mass is 9.45. The summed E-state index contributed by atoms with van der Waals surface area (Å²) in [5.74, 6) is 4.08. The molecule has 4 rings (SSSR count). The summed E-state index contributed by atoms with van der Waals surface area (Å²) in [6.07, 6.45) is 17.0. The largest absolute Gasteiger partial charge is 0.481 e. The van der Waals surface area contributed by atoms with Crippen LogP contribution in [0.4, 0.5) is 0 Å². The molecule has 7 atom stereocenters. The zero-order chi connectivity index (χ0) is 19.7. The minimum atomic E-state index is -0.619. The van der Waals surface area contributed by atoms with Crippen molar-refractivity contribution >= 4 is 5.97 Å². The third kappa shape index (κ3) is 3.71. The van der Waals surface area contributed by atoms with E-state index in [4.69, 9.17) is 5.11 Å². The van der Waals surface area contributed by atoms with Crippen LogP contribution in [-0.2, 0) is 4.79 Å². The van der Waals surface area contributed by atoms with Gasteiger partial charge in [0.2, 0.25) is 0 Å². The fourth-order valence-corrected chi connectivity index (χ4v) is 8.38. The summed E-state index contributed by atoms with van der Waals surface area (Å²) in [6, 6.07) is 0. The molecule has 156 valence electrons. The normalized spacial score (nSPS) is 45.7. The van der Waals surface area contributed by atoms with Gasteiger partial charge in [-0.25, -0.2) is 0 Å². The number of hydrogen-bond acceptors (Lipinski definition) is 1. The topological polar surface area (TPSA) is 37.3 Å². The summed E-state index contributed by atoms with van der Waals surface area (Å²) in [6.45, 7) is 9.25. The van der Waals surface area contributed by atoms with Crippen LogP contribution >= 0.6 is 0 Å². The Labute approximate surface area is 167 Å². The van der Waals surface area contributed by atoms with Crippen LogP contribution in [0.25, 0.3) is 0 Å². The zero-order valence-corrected chi connectivity index (χ0v) is 18.4. The Morgan fingerprint density at radius 1 is 0.889 bits per heavy atom. The molecule has 2 unspecified atom stereocenters. The van der Waals surface area contributed by atoms with Gasteiger partial charge in [-0.05, 0) is 105 Å². The molecule has 1 N–H and O–H groups in total. The van der Waals surface area contributed by atoms with Crippen molar-refractivity contribution in [3.63, 3.8) is 0 Å². The molecule has 0 aliphatic heterocycles. The Hall–Kier alpha value is -0.530. The SMILES string of the molecule is CC.C[C@]12CCC3[C@@H](CC[C@@H]4CCCC[C@]34C)C1CC[C@@H]2CCCC(=O)O. The number of fused-ring (bicyclic) bond motifs is 5. The molecule has 4 saturated carbocycles. The van der Waals surface area contributed by atoms with Crippen LogP contribution in [0.15, 0.2) is 0 Å². The van der Waals surface area contributed by atoms with E-state index in [9.17, 15) is 4.79 Å². The Bertz CT molecular complexity index is 514. The number of aliphatic carboxylic acids is 1. The van der Waals surface area contributed by atoms with E-state index in [1.165, 1.54) is 64.2 Å². The molecular formula is C25H44O2. The highest BCUT2D eigenvalue weighted by Crippen LogP contribution is 2.67. The van der Waals surface area contributed by atoms with E-state index in [2.05, 4.69) is 13.8 Å². The lowest BCUT2D eigenvalue weighted by Crippen LogP contribution is -2.52. The van der Waals surface area contributed by atoms with Crippen LogP contribution in [0.2, 0.25) is 0 Å². The van der Waals surface area contributed by atoms with Gasteiger partial charge in [0, 0.05) is 6.42 Å². The summed E-state index contributed by atoms with van der Waals surface area (Å²) < 4.78 is 0. The van der Waals surface area contributed by atoms with Gasteiger partial charge < -0.3 is 5.11 Å².